The predicted molar refractivity (Wildman–Crippen MR) is 186 cm³/mol. The molecule has 0 aliphatic carbocycles. The number of aromatic hydroxyl groups is 1. The molecule has 3 N–H and O–H groups in total. The van der Waals surface area contributed by atoms with Crippen molar-refractivity contribution in [3.63, 3.8) is 0 Å². The van der Waals surface area contributed by atoms with Crippen LogP contribution in [-0.2, 0) is 27.4 Å². The number of rotatable bonds is 10. The van der Waals surface area contributed by atoms with Crippen LogP contribution in [0.5, 0.6) is 5.75 Å². The molecule has 5 aromatic rings. The summed E-state index contributed by atoms with van der Waals surface area (Å²) < 4.78 is 18.2. The number of amides is 1. The first-order valence-corrected chi connectivity index (χ1v) is 17.1. The van der Waals surface area contributed by atoms with Gasteiger partial charge in [-0.25, -0.2) is 9.59 Å². The lowest BCUT2D eigenvalue weighted by Crippen LogP contribution is -2.38. The van der Waals surface area contributed by atoms with E-state index in [-0.39, 0.29) is 59.6 Å². The molecule has 2 heterocycles. The Bertz CT molecular complexity index is 2000. The van der Waals surface area contributed by atoms with E-state index in [2.05, 4.69) is 22.2 Å². The molecule has 1 fully saturated rings. The monoisotopic (exact) mass is 687 g/mol. The van der Waals surface area contributed by atoms with Gasteiger partial charge in [-0.3, -0.25) is 4.79 Å². The van der Waals surface area contributed by atoms with Crippen LogP contribution in [0.25, 0.3) is 0 Å². The Morgan fingerprint density at radius 1 is 0.720 bits per heavy atom. The number of aliphatic hydroxyl groups excluding tert-OH is 1. The van der Waals surface area contributed by atoms with Crippen LogP contribution in [0, 0.1) is 0 Å². The Morgan fingerprint density at radius 2 is 1.40 bits per heavy atom. The number of hydrogen-bond donors (Lipinski definition) is 3. The topological polar surface area (TPSA) is 131 Å². The summed E-state index contributed by atoms with van der Waals surface area (Å²) in [5, 5.41) is 22.3. The van der Waals surface area contributed by atoms with Crippen LogP contribution in [0.2, 0.25) is 0 Å². The summed E-state index contributed by atoms with van der Waals surface area (Å²) in [6.45, 7) is 0.176. The molecule has 1 unspecified atom stereocenters. The SMILES string of the molecule is O=C(NCc1ccc(C2O[C@H](CSc3ccc(O)cc3)[C@@H](c3ccccc3)[C@H](c3ccc(CO)cc3)O2)cc1)c1ccc2c(c1)C(=O)OC2=O. The highest BCUT2D eigenvalue weighted by atomic mass is 32.2. The molecule has 0 spiro atoms. The van der Waals surface area contributed by atoms with Crippen molar-refractivity contribution in [3.8, 4) is 5.75 Å². The third-order valence-corrected chi connectivity index (χ3v) is 9.93. The highest BCUT2D eigenvalue weighted by Gasteiger charge is 2.42. The first-order chi connectivity index (χ1) is 24.4. The van der Waals surface area contributed by atoms with Crippen molar-refractivity contribution in [3.05, 3.63) is 166 Å². The number of thioether (sulfide) groups is 1. The van der Waals surface area contributed by atoms with Crippen LogP contribution in [0.1, 0.15) is 77.2 Å². The minimum absolute atomic E-state index is 0.0543. The van der Waals surface area contributed by atoms with E-state index in [1.807, 2.05) is 78.9 Å². The maximum Gasteiger partial charge on any atom is 0.346 e. The Kier molecular flexibility index (Phi) is 9.77. The third-order valence-electron chi connectivity index (χ3n) is 8.83. The van der Waals surface area contributed by atoms with E-state index in [1.54, 1.807) is 23.9 Å². The van der Waals surface area contributed by atoms with Crippen LogP contribution in [-0.4, -0.2) is 39.9 Å². The van der Waals surface area contributed by atoms with Gasteiger partial charge in [-0.05, 0) is 64.7 Å². The van der Waals surface area contributed by atoms with E-state index < -0.39 is 18.2 Å². The minimum Gasteiger partial charge on any atom is -0.508 e. The zero-order valence-electron chi connectivity index (χ0n) is 26.7. The van der Waals surface area contributed by atoms with Crippen LogP contribution < -0.4 is 5.32 Å². The van der Waals surface area contributed by atoms with E-state index in [9.17, 15) is 24.6 Å². The lowest BCUT2D eigenvalue weighted by atomic mass is 9.84. The summed E-state index contributed by atoms with van der Waals surface area (Å²) in [7, 11) is 0. The smallest absolute Gasteiger partial charge is 0.346 e. The molecule has 2 aliphatic heterocycles. The quantitative estimate of drug-likeness (QED) is 0.0819. The second-order valence-corrected chi connectivity index (χ2v) is 13.2. The van der Waals surface area contributed by atoms with Gasteiger partial charge in [-0.15, -0.1) is 11.8 Å². The van der Waals surface area contributed by atoms with Crippen LogP contribution >= 0.6 is 11.8 Å². The average Bonchev–Trinajstić information content (AvgIpc) is 3.45. The van der Waals surface area contributed by atoms with Gasteiger partial charge in [0, 0.05) is 34.2 Å². The van der Waals surface area contributed by atoms with Gasteiger partial charge in [0.15, 0.2) is 6.29 Å². The Balaban J connectivity index is 1.12. The summed E-state index contributed by atoms with van der Waals surface area (Å²) in [6, 6.07) is 37.0. The number of phenols is 1. The number of cyclic esters (lactones) is 2. The zero-order valence-corrected chi connectivity index (χ0v) is 27.5. The molecule has 0 aromatic heterocycles. The number of nitrogens with one attached hydrogen (secondary N) is 1. The number of carbonyl (C=O) groups excluding carboxylic acids is 3. The highest BCUT2D eigenvalue weighted by Crippen LogP contribution is 2.48. The van der Waals surface area contributed by atoms with Gasteiger partial charge in [-0.2, -0.15) is 0 Å². The summed E-state index contributed by atoms with van der Waals surface area (Å²) in [5.74, 6) is -1.19. The van der Waals surface area contributed by atoms with Gasteiger partial charge in [0.05, 0.1) is 29.9 Å². The fourth-order valence-electron chi connectivity index (χ4n) is 6.18. The number of fused-ring (bicyclic) bond motifs is 1. The lowest BCUT2D eigenvalue weighted by Gasteiger charge is -2.43. The summed E-state index contributed by atoms with van der Waals surface area (Å²) >= 11 is 1.64. The van der Waals surface area contributed by atoms with Crippen LogP contribution in [0.15, 0.2) is 126 Å². The fourth-order valence-corrected chi connectivity index (χ4v) is 7.15. The van der Waals surface area contributed by atoms with Gasteiger partial charge >= 0.3 is 11.9 Å². The largest absolute Gasteiger partial charge is 0.508 e. The van der Waals surface area contributed by atoms with E-state index in [0.717, 1.165) is 32.7 Å². The molecule has 10 heteroatoms. The lowest BCUT2D eigenvalue weighted by molar-refractivity contribution is -0.255. The number of esters is 2. The number of hydrogen-bond acceptors (Lipinski definition) is 9. The molecule has 0 saturated carbocycles. The molecule has 252 valence electrons. The standard InChI is InChI=1S/C40H33NO8S/c42-22-25-8-10-27(11-9-25)36-35(26-4-2-1-3-5-26)34(23-50-31-17-15-30(43)16-18-31)47-40(48-36)28-12-6-24(7-13-28)21-41-37(44)29-14-19-32-33(20-29)39(46)49-38(32)45/h1-20,34-36,40,42-43H,21-23H2,(H,41,44)/t34-,35-,36+,40?/m1/s1. The number of ether oxygens (including phenoxy) is 3. The number of carbonyl (C=O) groups is 3. The van der Waals surface area contributed by atoms with E-state index in [1.165, 1.54) is 18.2 Å². The molecule has 1 amide bonds. The van der Waals surface area contributed by atoms with Gasteiger partial charge in [0.25, 0.3) is 5.91 Å². The van der Waals surface area contributed by atoms with Gasteiger partial charge < -0.3 is 29.7 Å². The average molecular weight is 688 g/mol. The molecule has 50 heavy (non-hydrogen) atoms. The molecule has 2 aliphatic rings. The summed E-state index contributed by atoms with van der Waals surface area (Å²) in [4.78, 5) is 37.6. The van der Waals surface area contributed by atoms with Gasteiger partial charge in [-0.1, -0.05) is 78.9 Å². The molecular weight excluding hydrogens is 655 g/mol. The van der Waals surface area contributed by atoms with Crippen molar-refractivity contribution < 1.29 is 38.8 Å². The molecule has 0 bridgehead atoms. The molecule has 9 nitrogen and oxygen atoms in total. The van der Waals surface area contributed by atoms with Crippen LogP contribution in [0.4, 0.5) is 0 Å². The highest BCUT2D eigenvalue weighted by molar-refractivity contribution is 7.99. The molecule has 0 radical (unpaired) electrons. The summed E-state index contributed by atoms with van der Waals surface area (Å²) in [5.41, 5.74) is 4.98. The number of phenolic OH excluding ortho intramolecular Hbond substituents is 1. The maximum atomic E-state index is 12.9. The Hall–Kier alpha value is -5.26. The Morgan fingerprint density at radius 3 is 2.12 bits per heavy atom. The van der Waals surface area contributed by atoms with Crippen molar-refractivity contribution >= 4 is 29.6 Å². The maximum absolute atomic E-state index is 12.9. The molecule has 7 rings (SSSR count). The molecule has 4 atom stereocenters. The van der Waals surface area contributed by atoms with Crippen LogP contribution in [0.3, 0.4) is 0 Å². The fraction of sp³-hybridized carbons (Fsp3) is 0.175. The van der Waals surface area contributed by atoms with E-state index >= 15 is 0 Å². The first-order valence-electron chi connectivity index (χ1n) is 16.1. The number of benzene rings is 5. The normalized spacial score (nSPS) is 19.9. The second kappa shape index (κ2) is 14.7. The third kappa shape index (κ3) is 7.19. The van der Waals surface area contributed by atoms with Gasteiger partial charge in [0.1, 0.15) is 5.75 Å². The minimum atomic E-state index is -0.761. The van der Waals surface area contributed by atoms with Crippen molar-refractivity contribution in [2.75, 3.05) is 5.75 Å². The van der Waals surface area contributed by atoms with Crippen molar-refractivity contribution in [1.29, 1.82) is 0 Å². The zero-order chi connectivity index (χ0) is 34.6. The van der Waals surface area contributed by atoms with Gasteiger partial charge in [0.2, 0.25) is 0 Å². The number of aliphatic hydroxyl groups is 1. The van der Waals surface area contributed by atoms with Crippen molar-refractivity contribution in [2.24, 2.45) is 0 Å². The molecule has 5 aromatic carbocycles. The van der Waals surface area contributed by atoms with Crippen molar-refractivity contribution in [2.45, 2.75) is 42.5 Å². The van der Waals surface area contributed by atoms with E-state index in [4.69, 9.17) is 9.47 Å². The molecule has 1 saturated heterocycles. The second-order valence-electron chi connectivity index (χ2n) is 12.1. The summed E-state index contributed by atoms with van der Waals surface area (Å²) in [6.07, 6.45) is -1.33. The Labute approximate surface area is 292 Å². The molecular formula is C40H33NO8S. The predicted octanol–water partition coefficient (Wildman–Crippen LogP) is 6.86. The first kappa shape index (κ1) is 33.2. The van der Waals surface area contributed by atoms with Crippen molar-refractivity contribution in [1.82, 2.24) is 5.32 Å². The van der Waals surface area contributed by atoms with E-state index in [0.29, 0.717) is 5.75 Å².